The highest BCUT2D eigenvalue weighted by Gasteiger charge is 2.14. The number of aliphatic carboxylic acids is 1. The molecule has 0 amide bonds. The van der Waals surface area contributed by atoms with Crippen molar-refractivity contribution in [1.29, 1.82) is 0 Å². The molecule has 0 aliphatic rings. The molecule has 0 aromatic heterocycles. The fourth-order valence-electron chi connectivity index (χ4n) is 1.97. The van der Waals surface area contributed by atoms with E-state index in [1.165, 1.54) is 0 Å². The summed E-state index contributed by atoms with van der Waals surface area (Å²) in [6.45, 7) is 1.97. The summed E-state index contributed by atoms with van der Waals surface area (Å²) in [5.41, 5.74) is 5.87. The predicted octanol–water partition coefficient (Wildman–Crippen LogP) is 1.49. The van der Waals surface area contributed by atoms with E-state index >= 15 is 0 Å². The quantitative estimate of drug-likeness (QED) is 0.119. The number of carbonyl (C=O) groups is 2. The number of hydrogen-bond acceptors (Lipinski definition) is 6. The van der Waals surface area contributed by atoms with Gasteiger partial charge < -0.3 is 25.7 Å². The highest BCUT2D eigenvalue weighted by Crippen LogP contribution is 2.06. The number of ether oxygens (including phenoxy) is 1. The summed E-state index contributed by atoms with van der Waals surface area (Å²) in [5.74, 6) is -1.20. The first-order valence-corrected chi connectivity index (χ1v) is 7.60. The zero-order valence-corrected chi connectivity index (χ0v) is 13.6. The number of esters is 1. The second-order valence-electron chi connectivity index (χ2n) is 5.28. The molecular weight excluding hydrogens is 314 g/mol. The third-order valence-corrected chi connectivity index (χ3v) is 3.47. The summed E-state index contributed by atoms with van der Waals surface area (Å²) in [4.78, 5) is 24.2. The summed E-state index contributed by atoms with van der Waals surface area (Å²) < 4.78 is 5.21. The van der Waals surface area contributed by atoms with E-state index in [-0.39, 0.29) is 6.73 Å². The SMILES string of the molecule is C/C(=N\O)N(CCCCC(N)C(=O)O)COC(=O)c1ccccc1. The standard InChI is InChI=1S/C16H23N3O5/c1-12(18-23)19(10-6-5-9-14(17)15(20)21)11-24-16(22)13-7-3-2-4-8-13/h2-4,7-8,14,23H,5-6,9-11,17H2,1H3,(H,20,21)/b18-12+. The zero-order chi connectivity index (χ0) is 17.9. The molecule has 1 unspecified atom stereocenters. The number of amidine groups is 1. The van der Waals surface area contributed by atoms with Crippen molar-refractivity contribution >= 4 is 17.8 Å². The van der Waals surface area contributed by atoms with Gasteiger partial charge in [-0.3, -0.25) is 4.79 Å². The van der Waals surface area contributed by atoms with Gasteiger partial charge in [-0.05, 0) is 38.3 Å². The Balaban J connectivity index is 2.45. The van der Waals surface area contributed by atoms with E-state index < -0.39 is 18.0 Å². The number of oxime groups is 1. The van der Waals surface area contributed by atoms with E-state index in [9.17, 15) is 9.59 Å². The van der Waals surface area contributed by atoms with E-state index in [1.54, 1.807) is 42.2 Å². The molecule has 24 heavy (non-hydrogen) atoms. The number of nitrogens with zero attached hydrogens (tertiary/aromatic N) is 2. The lowest BCUT2D eigenvalue weighted by Crippen LogP contribution is -2.34. The fraction of sp³-hybridized carbons (Fsp3) is 0.438. The Hall–Kier alpha value is -2.61. The molecule has 132 valence electrons. The van der Waals surface area contributed by atoms with Gasteiger partial charge in [-0.1, -0.05) is 23.4 Å². The summed E-state index contributed by atoms with van der Waals surface area (Å²) in [5, 5.41) is 20.8. The van der Waals surface area contributed by atoms with E-state index in [4.69, 9.17) is 20.8 Å². The number of benzene rings is 1. The van der Waals surface area contributed by atoms with Crippen LogP contribution in [0.3, 0.4) is 0 Å². The van der Waals surface area contributed by atoms with Crippen LogP contribution in [-0.4, -0.2) is 52.3 Å². The van der Waals surface area contributed by atoms with Crippen molar-refractivity contribution < 1.29 is 24.6 Å². The van der Waals surface area contributed by atoms with Crippen LogP contribution in [0.15, 0.2) is 35.5 Å². The van der Waals surface area contributed by atoms with Crippen LogP contribution < -0.4 is 5.73 Å². The first kappa shape index (κ1) is 19.4. The van der Waals surface area contributed by atoms with Gasteiger partial charge in [0.1, 0.15) is 11.9 Å². The zero-order valence-electron chi connectivity index (χ0n) is 13.6. The number of carbonyl (C=O) groups excluding carboxylic acids is 1. The first-order valence-electron chi connectivity index (χ1n) is 7.60. The van der Waals surface area contributed by atoms with Gasteiger partial charge in [0.25, 0.3) is 0 Å². The van der Waals surface area contributed by atoms with Crippen molar-refractivity contribution in [1.82, 2.24) is 4.90 Å². The summed E-state index contributed by atoms with van der Waals surface area (Å²) >= 11 is 0. The van der Waals surface area contributed by atoms with Gasteiger partial charge in [-0.2, -0.15) is 0 Å². The largest absolute Gasteiger partial charge is 0.480 e. The average molecular weight is 337 g/mol. The van der Waals surface area contributed by atoms with Crippen LogP contribution in [0, 0.1) is 0 Å². The second kappa shape index (κ2) is 10.2. The Bertz CT molecular complexity index is 562. The lowest BCUT2D eigenvalue weighted by molar-refractivity contribution is -0.138. The van der Waals surface area contributed by atoms with Crippen LogP contribution in [0.1, 0.15) is 36.5 Å². The van der Waals surface area contributed by atoms with Crippen LogP contribution in [-0.2, 0) is 9.53 Å². The Morgan fingerprint density at radius 2 is 1.96 bits per heavy atom. The minimum atomic E-state index is -1.03. The summed E-state index contributed by atoms with van der Waals surface area (Å²) in [6.07, 6.45) is 1.56. The molecule has 0 saturated carbocycles. The minimum absolute atomic E-state index is 0.0609. The fourth-order valence-corrected chi connectivity index (χ4v) is 1.97. The van der Waals surface area contributed by atoms with Crippen molar-refractivity contribution in [3.05, 3.63) is 35.9 Å². The van der Waals surface area contributed by atoms with Crippen molar-refractivity contribution in [3.8, 4) is 0 Å². The molecule has 4 N–H and O–H groups in total. The minimum Gasteiger partial charge on any atom is -0.480 e. The highest BCUT2D eigenvalue weighted by atomic mass is 16.5. The van der Waals surface area contributed by atoms with Crippen molar-refractivity contribution in [2.24, 2.45) is 10.9 Å². The molecule has 1 rings (SSSR count). The molecule has 0 aliphatic heterocycles. The van der Waals surface area contributed by atoms with Crippen molar-refractivity contribution in [2.75, 3.05) is 13.3 Å². The van der Waals surface area contributed by atoms with E-state index in [0.717, 1.165) is 0 Å². The van der Waals surface area contributed by atoms with Crippen LogP contribution in [0.5, 0.6) is 0 Å². The smallest absolute Gasteiger partial charge is 0.339 e. The molecule has 0 fully saturated rings. The number of unbranched alkanes of at least 4 members (excludes halogenated alkanes) is 1. The van der Waals surface area contributed by atoms with Gasteiger partial charge in [0.05, 0.1) is 5.56 Å². The number of carboxylic acids is 1. The van der Waals surface area contributed by atoms with E-state index in [1.807, 2.05) is 0 Å². The molecule has 0 bridgehead atoms. The first-order chi connectivity index (χ1) is 11.5. The molecule has 8 heteroatoms. The Kier molecular flexibility index (Phi) is 8.28. The summed E-state index contributed by atoms with van der Waals surface area (Å²) in [7, 11) is 0. The molecule has 1 aromatic rings. The number of rotatable bonds is 9. The number of nitrogens with two attached hydrogens (primary N) is 1. The molecule has 8 nitrogen and oxygen atoms in total. The third-order valence-electron chi connectivity index (χ3n) is 3.47. The molecular formula is C16H23N3O5. The van der Waals surface area contributed by atoms with Gasteiger partial charge in [-0.25, -0.2) is 4.79 Å². The molecule has 1 atom stereocenters. The van der Waals surface area contributed by atoms with Gasteiger partial charge in [0.15, 0.2) is 6.73 Å². The Morgan fingerprint density at radius 3 is 2.54 bits per heavy atom. The monoisotopic (exact) mass is 337 g/mol. The number of hydrogen-bond donors (Lipinski definition) is 3. The molecule has 1 aromatic carbocycles. The molecule has 0 spiro atoms. The second-order valence-corrected chi connectivity index (χ2v) is 5.28. The highest BCUT2D eigenvalue weighted by molar-refractivity contribution is 5.89. The third kappa shape index (κ3) is 6.66. The molecule has 0 aliphatic carbocycles. The van der Waals surface area contributed by atoms with Crippen LogP contribution in [0.4, 0.5) is 0 Å². The molecule has 0 saturated heterocycles. The van der Waals surface area contributed by atoms with Gasteiger partial charge in [-0.15, -0.1) is 0 Å². The van der Waals surface area contributed by atoms with Gasteiger partial charge in [0, 0.05) is 6.54 Å². The lowest BCUT2D eigenvalue weighted by Gasteiger charge is -2.22. The number of carboxylic acid groups (broad SMARTS) is 1. The van der Waals surface area contributed by atoms with E-state index in [0.29, 0.717) is 37.2 Å². The average Bonchev–Trinajstić information content (AvgIpc) is 2.60. The molecule has 0 heterocycles. The maximum Gasteiger partial charge on any atom is 0.339 e. The van der Waals surface area contributed by atoms with Crippen LogP contribution in [0.25, 0.3) is 0 Å². The maximum absolute atomic E-state index is 11.9. The summed E-state index contributed by atoms with van der Waals surface area (Å²) in [6, 6.07) is 7.68. The van der Waals surface area contributed by atoms with Gasteiger partial charge >= 0.3 is 11.9 Å². The van der Waals surface area contributed by atoms with Crippen LogP contribution >= 0.6 is 0 Å². The maximum atomic E-state index is 11.9. The molecule has 0 radical (unpaired) electrons. The topological polar surface area (TPSA) is 125 Å². The Morgan fingerprint density at radius 1 is 1.29 bits per heavy atom. The van der Waals surface area contributed by atoms with Crippen molar-refractivity contribution in [2.45, 2.75) is 32.2 Å². The predicted molar refractivity (Wildman–Crippen MR) is 87.8 cm³/mol. The van der Waals surface area contributed by atoms with Crippen LogP contribution in [0.2, 0.25) is 0 Å². The Labute approximate surface area is 140 Å². The normalized spacial score (nSPS) is 12.5. The van der Waals surface area contributed by atoms with E-state index in [2.05, 4.69) is 5.16 Å². The van der Waals surface area contributed by atoms with Gasteiger partial charge in [0.2, 0.25) is 0 Å². The lowest BCUT2D eigenvalue weighted by atomic mass is 10.1. The van der Waals surface area contributed by atoms with Crippen molar-refractivity contribution in [3.63, 3.8) is 0 Å².